The van der Waals surface area contributed by atoms with Crippen molar-refractivity contribution in [3.8, 4) is 11.3 Å². The number of piperidine rings is 1. The molecule has 8 nitrogen and oxygen atoms in total. The second kappa shape index (κ2) is 12.7. The summed E-state index contributed by atoms with van der Waals surface area (Å²) < 4.78 is 5.78. The molecule has 4 heterocycles. The van der Waals surface area contributed by atoms with Gasteiger partial charge in [-0.05, 0) is 64.6 Å². The minimum Gasteiger partial charge on any atom is -0.376 e. The summed E-state index contributed by atoms with van der Waals surface area (Å²) in [4.78, 5) is 23.5. The molecule has 0 radical (unpaired) electrons. The van der Waals surface area contributed by atoms with E-state index in [9.17, 15) is 4.79 Å². The Morgan fingerprint density at radius 2 is 1.88 bits per heavy atom. The van der Waals surface area contributed by atoms with Crippen molar-refractivity contribution in [2.45, 2.75) is 58.2 Å². The van der Waals surface area contributed by atoms with Crippen LogP contribution in [0.1, 0.15) is 46.0 Å². The molecule has 2 aromatic heterocycles. The van der Waals surface area contributed by atoms with E-state index in [2.05, 4.69) is 44.7 Å². The number of ether oxygens (including phenoxy) is 1. The fourth-order valence-corrected chi connectivity index (χ4v) is 4.32. The van der Waals surface area contributed by atoms with Gasteiger partial charge in [0.1, 0.15) is 11.6 Å². The van der Waals surface area contributed by atoms with Crippen molar-refractivity contribution in [2.75, 3.05) is 30.3 Å². The van der Waals surface area contributed by atoms with Gasteiger partial charge in [-0.2, -0.15) is 0 Å². The number of carbonyl (C=O) groups is 1. The van der Waals surface area contributed by atoms with Crippen LogP contribution in [0.5, 0.6) is 0 Å². The van der Waals surface area contributed by atoms with E-state index in [1.807, 2.05) is 0 Å². The van der Waals surface area contributed by atoms with Gasteiger partial charge < -0.3 is 20.7 Å². The summed E-state index contributed by atoms with van der Waals surface area (Å²) in [6.45, 7) is 7.54. The number of aromatic nitrogens is 3. The Kier molecular flexibility index (Phi) is 9.64. The molecule has 9 heteroatoms. The van der Waals surface area contributed by atoms with Crippen LogP contribution in [0.4, 0.5) is 11.6 Å². The van der Waals surface area contributed by atoms with Gasteiger partial charge >= 0.3 is 0 Å². The van der Waals surface area contributed by atoms with Gasteiger partial charge in [0.25, 0.3) is 0 Å². The maximum Gasteiger partial charge on any atom is 0.212 e. The topological polar surface area (TPSA) is 101 Å². The van der Waals surface area contributed by atoms with Gasteiger partial charge in [-0.25, -0.2) is 9.97 Å². The van der Waals surface area contributed by atoms with Gasteiger partial charge in [-0.3, -0.25) is 9.78 Å². The van der Waals surface area contributed by atoms with Crippen LogP contribution in [0.2, 0.25) is 5.02 Å². The van der Waals surface area contributed by atoms with Gasteiger partial charge in [0, 0.05) is 18.3 Å². The average Bonchev–Trinajstić information content (AvgIpc) is 2.80. The van der Waals surface area contributed by atoms with Crippen LogP contribution >= 0.6 is 11.6 Å². The van der Waals surface area contributed by atoms with Crippen molar-refractivity contribution in [1.82, 2.24) is 20.3 Å². The van der Waals surface area contributed by atoms with Crippen LogP contribution in [-0.4, -0.2) is 53.2 Å². The Hall–Kier alpha value is -2.29. The fraction of sp³-hybridized carbons (Fsp3) is 0.565. The van der Waals surface area contributed by atoms with Crippen molar-refractivity contribution in [2.24, 2.45) is 5.92 Å². The minimum atomic E-state index is 0.280. The molecule has 32 heavy (non-hydrogen) atoms. The first-order valence-corrected chi connectivity index (χ1v) is 11.7. The number of nitrogens with one attached hydrogen (secondary N) is 3. The first-order chi connectivity index (χ1) is 15.5. The molecular weight excluding hydrogens is 428 g/mol. The molecule has 2 aromatic rings. The summed E-state index contributed by atoms with van der Waals surface area (Å²) in [6, 6.07) is 1.67. The van der Waals surface area contributed by atoms with Gasteiger partial charge in [0.15, 0.2) is 0 Å². The molecule has 0 spiro atoms. The van der Waals surface area contributed by atoms with Crippen LogP contribution in [-0.2, 0) is 9.53 Å². The van der Waals surface area contributed by atoms with E-state index in [0.717, 1.165) is 19.4 Å². The summed E-state index contributed by atoms with van der Waals surface area (Å²) >= 11 is 6.23. The lowest BCUT2D eigenvalue weighted by atomic mass is 9.92. The monoisotopic (exact) mass is 460 g/mol. The van der Waals surface area contributed by atoms with Gasteiger partial charge in [0.05, 0.1) is 35.3 Å². The lowest BCUT2D eigenvalue weighted by Crippen LogP contribution is -2.32. The number of hydrogen-bond donors (Lipinski definition) is 3. The summed E-state index contributed by atoms with van der Waals surface area (Å²) in [7, 11) is 0. The second-order valence-corrected chi connectivity index (χ2v) is 8.79. The average molecular weight is 461 g/mol. The first-order valence-electron chi connectivity index (χ1n) is 11.3. The number of anilines is 2. The van der Waals surface area contributed by atoms with Gasteiger partial charge in [0.2, 0.25) is 6.41 Å². The molecule has 2 atom stereocenters. The lowest BCUT2D eigenvalue weighted by molar-refractivity contribution is -0.105. The number of amides is 1. The highest BCUT2D eigenvalue weighted by molar-refractivity contribution is 6.33. The summed E-state index contributed by atoms with van der Waals surface area (Å²) in [6.07, 6.45) is 12.2. The standard InChI is InChI=1S/C18H22ClN5O2.C5H11N/c1-11-3-13(4-12(2)26-11)6-21-18-9-20-8-16(24-18)14-5-17(23-10-25)22-7-15(14)19;1-2-4-6-5-3-1/h5,7-13H,3-4,6H2,1-2H3,(H,21,24)(H,22,23,25);6H,1-5H2. The van der Waals surface area contributed by atoms with Crippen molar-refractivity contribution >= 4 is 29.6 Å². The van der Waals surface area contributed by atoms with Crippen LogP contribution in [0.3, 0.4) is 0 Å². The largest absolute Gasteiger partial charge is 0.376 e. The first kappa shape index (κ1) is 24.4. The number of pyridine rings is 1. The number of carbonyl (C=O) groups excluding carboxylic acids is 1. The predicted octanol–water partition coefficient (Wildman–Crippen LogP) is 4.14. The molecular formula is C23H33ClN6O2. The van der Waals surface area contributed by atoms with E-state index in [-0.39, 0.29) is 12.2 Å². The van der Waals surface area contributed by atoms with Crippen molar-refractivity contribution in [3.05, 3.63) is 29.7 Å². The highest BCUT2D eigenvalue weighted by atomic mass is 35.5. The molecule has 0 aliphatic carbocycles. The van der Waals surface area contributed by atoms with Crippen molar-refractivity contribution < 1.29 is 9.53 Å². The van der Waals surface area contributed by atoms with E-state index in [0.29, 0.717) is 40.2 Å². The zero-order valence-corrected chi connectivity index (χ0v) is 19.6. The molecule has 2 saturated heterocycles. The minimum absolute atomic E-state index is 0.280. The Balaban J connectivity index is 0.000000416. The summed E-state index contributed by atoms with van der Waals surface area (Å²) in [5, 5.41) is 9.60. The molecule has 2 fully saturated rings. The quantitative estimate of drug-likeness (QED) is 0.557. The normalized spacial score (nSPS) is 22.9. The number of hydrogen-bond acceptors (Lipinski definition) is 7. The summed E-state index contributed by atoms with van der Waals surface area (Å²) in [5.41, 5.74) is 1.28. The SMILES string of the molecule is C1CCNCC1.CC1CC(CNc2cncc(-c3cc(NC=O)ncc3Cl)n2)CC(C)O1. The molecule has 3 N–H and O–H groups in total. The van der Waals surface area contributed by atoms with Crippen molar-refractivity contribution in [1.29, 1.82) is 0 Å². The molecule has 4 rings (SSSR count). The molecule has 0 aromatic carbocycles. The van der Waals surface area contributed by atoms with Crippen LogP contribution in [0.25, 0.3) is 11.3 Å². The maximum atomic E-state index is 10.6. The molecule has 0 saturated carbocycles. The Labute approximate surface area is 194 Å². The zero-order chi connectivity index (χ0) is 22.8. The van der Waals surface area contributed by atoms with Crippen molar-refractivity contribution in [3.63, 3.8) is 0 Å². The smallest absolute Gasteiger partial charge is 0.212 e. The van der Waals surface area contributed by atoms with E-state index in [4.69, 9.17) is 16.3 Å². The predicted molar refractivity (Wildman–Crippen MR) is 128 cm³/mol. The van der Waals surface area contributed by atoms with E-state index in [1.54, 1.807) is 18.5 Å². The van der Waals surface area contributed by atoms with Crippen LogP contribution in [0, 0.1) is 5.92 Å². The molecule has 174 valence electrons. The highest BCUT2D eigenvalue weighted by Crippen LogP contribution is 2.29. The molecule has 2 unspecified atom stereocenters. The Morgan fingerprint density at radius 1 is 1.12 bits per heavy atom. The highest BCUT2D eigenvalue weighted by Gasteiger charge is 2.24. The van der Waals surface area contributed by atoms with Crippen LogP contribution in [0.15, 0.2) is 24.7 Å². The van der Waals surface area contributed by atoms with Gasteiger partial charge in [-0.15, -0.1) is 0 Å². The molecule has 1 amide bonds. The third-order valence-electron chi connectivity index (χ3n) is 5.55. The summed E-state index contributed by atoms with van der Waals surface area (Å²) in [5.74, 6) is 1.63. The molecule has 0 bridgehead atoms. The third-order valence-corrected chi connectivity index (χ3v) is 5.85. The van der Waals surface area contributed by atoms with Gasteiger partial charge in [-0.1, -0.05) is 18.0 Å². The third kappa shape index (κ3) is 7.69. The maximum absolute atomic E-state index is 10.6. The number of nitrogens with zero attached hydrogens (tertiary/aromatic N) is 3. The van der Waals surface area contributed by atoms with E-state index < -0.39 is 0 Å². The van der Waals surface area contributed by atoms with E-state index in [1.165, 1.54) is 38.5 Å². The Morgan fingerprint density at radius 3 is 2.50 bits per heavy atom. The molecule has 2 aliphatic rings. The Bertz CT molecular complexity index is 843. The second-order valence-electron chi connectivity index (χ2n) is 8.39. The van der Waals surface area contributed by atoms with E-state index >= 15 is 0 Å². The zero-order valence-electron chi connectivity index (χ0n) is 18.8. The fourth-order valence-electron chi connectivity index (χ4n) is 4.12. The lowest BCUT2D eigenvalue weighted by Gasteiger charge is -2.32. The number of halogens is 1. The molecule has 2 aliphatic heterocycles. The number of rotatable bonds is 6. The van der Waals surface area contributed by atoms with Crippen LogP contribution < -0.4 is 16.0 Å².